The Hall–Kier alpha value is -1.35. The maximum atomic E-state index is 11.7. The number of carbonyl (C=O) groups is 1. The topological polar surface area (TPSA) is 29.5 Å². The van der Waals surface area contributed by atoms with Gasteiger partial charge in [-0.3, -0.25) is 9.69 Å². The van der Waals surface area contributed by atoms with Gasteiger partial charge in [-0.25, -0.2) is 0 Å². The number of esters is 1. The van der Waals surface area contributed by atoms with Crippen LogP contribution in [0.3, 0.4) is 0 Å². The molecule has 0 amide bonds. The molecule has 0 N–H and O–H groups in total. The molecule has 1 aromatic carbocycles. The van der Waals surface area contributed by atoms with Gasteiger partial charge in [0.2, 0.25) is 0 Å². The van der Waals surface area contributed by atoms with Gasteiger partial charge in [-0.1, -0.05) is 36.8 Å². The Labute approximate surface area is 109 Å². The van der Waals surface area contributed by atoms with E-state index in [2.05, 4.69) is 29.2 Å². The number of rotatable bonds is 3. The standard InChI is InChI=1S/C15H21NO2/c1-18-15(17)14-9-5-6-10-16(12-14)11-13-7-3-2-4-8-13/h2-4,7-8,14H,5-6,9-12H2,1H3. The van der Waals surface area contributed by atoms with E-state index in [-0.39, 0.29) is 11.9 Å². The molecule has 1 aromatic rings. The summed E-state index contributed by atoms with van der Waals surface area (Å²) in [6, 6.07) is 10.4. The molecule has 1 aliphatic rings. The van der Waals surface area contributed by atoms with Crippen LogP contribution in [0.2, 0.25) is 0 Å². The van der Waals surface area contributed by atoms with Gasteiger partial charge in [-0.05, 0) is 24.9 Å². The highest BCUT2D eigenvalue weighted by molar-refractivity contribution is 5.72. The third-order valence-corrected chi connectivity index (χ3v) is 3.54. The van der Waals surface area contributed by atoms with Gasteiger partial charge < -0.3 is 4.74 Å². The molecule has 1 atom stereocenters. The first-order valence-corrected chi connectivity index (χ1v) is 6.63. The zero-order valence-electron chi connectivity index (χ0n) is 11.0. The number of ether oxygens (including phenoxy) is 1. The van der Waals surface area contributed by atoms with E-state index in [1.807, 2.05) is 6.07 Å². The van der Waals surface area contributed by atoms with Crippen molar-refractivity contribution in [3.63, 3.8) is 0 Å². The largest absolute Gasteiger partial charge is 0.469 e. The minimum Gasteiger partial charge on any atom is -0.469 e. The van der Waals surface area contributed by atoms with Crippen molar-refractivity contribution in [3.8, 4) is 0 Å². The van der Waals surface area contributed by atoms with E-state index in [4.69, 9.17) is 4.74 Å². The SMILES string of the molecule is COC(=O)C1CCCCN(Cc2ccccc2)C1. The van der Waals surface area contributed by atoms with E-state index < -0.39 is 0 Å². The Kier molecular flexibility index (Phi) is 4.76. The second kappa shape index (κ2) is 6.55. The number of carbonyl (C=O) groups excluding carboxylic acids is 1. The monoisotopic (exact) mass is 247 g/mol. The van der Waals surface area contributed by atoms with Crippen LogP contribution in [0.1, 0.15) is 24.8 Å². The third kappa shape index (κ3) is 3.57. The fraction of sp³-hybridized carbons (Fsp3) is 0.533. The molecule has 0 aliphatic carbocycles. The second-order valence-corrected chi connectivity index (χ2v) is 4.94. The van der Waals surface area contributed by atoms with Crippen molar-refractivity contribution in [2.75, 3.05) is 20.2 Å². The summed E-state index contributed by atoms with van der Waals surface area (Å²) in [7, 11) is 1.48. The smallest absolute Gasteiger partial charge is 0.309 e. The van der Waals surface area contributed by atoms with Gasteiger partial charge in [0, 0.05) is 13.1 Å². The fourth-order valence-corrected chi connectivity index (χ4v) is 2.56. The highest BCUT2D eigenvalue weighted by atomic mass is 16.5. The van der Waals surface area contributed by atoms with Crippen molar-refractivity contribution < 1.29 is 9.53 Å². The van der Waals surface area contributed by atoms with E-state index in [1.165, 1.54) is 19.1 Å². The van der Waals surface area contributed by atoms with Crippen LogP contribution in [0.15, 0.2) is 30.3 Å². The fourth-order valence-electron chi connectivity index (χ4n) is 2.56. The summed E-state index contributed by atoms with van der Waals surface area (Å²) >= 11 is 0. The van der Waals surface area contributed by atoms with Crippen LogP contribution in [0, 0.1) is 5.92 Å². The lowest BCUT2D eigenvalue weighted by Gasteiger charge is -2.23. The lowest BCUT2D eigenvalue weighted by Crippen LogP contribution is -2.32. The maximum Gasteiger partial charge on any atom is 0.309 e. The molecule has 0 saturated carbocycles. The molecular weight excluding hydrogens is 226 g/mol. The van der Waals surface area contributed by atoms with Gasteiger partial charge in [0.25, 0.3) is 0 Å². The third-order valence-electron chi connectivity index (χ3n) is 3.54. The molecule has 3 heteroatoms. The average Bonchev–Trinajstić information content (AvgIpc) is 2.65. The molecule has 0 aromatic heterocycles. The number of hydrogen-bond donors (Lipinski definition) is 0. The number of benzene rings is 1. The summed E-state index contributed by atoms with van der Waals surface area (Å²) in [6.07, 6.45) is 3.24. The van der Waals surface area contributed by atoms with Gasteiger partial charge in [0.1, 0.15) is 0 Å². The molecule has 98 valence electrons. The van der Waals surface area contributed by atoms with E-state index >= 15 is 0 Å². The van der Waals surface area contributed by atoms with Gasteiger partial charge in [-0.15, -0.1) is 0 Å². The lowest BCUT2D eigenvalue weighted by atomic mass is 10.0. The molecule has 0 bridgehead atoms. The maximum absolute atomic E-state index is 11.7. The molecular formula is C15H21NO2. The number of methoxy groups -OCH3 is 1. The van der Waals surface area contributed by atoms with Crippen LogP contribution in [0.5, 0.6) is 0 Å². The van der Waals surface area contributed by atoms with Crippen LogP contribution in [0.25, 0.3) is 0 Å². The summed E-state index contributed by atoms with van der Waals surface area (Å²) in [5, 5.41) is 0. The summed E-state index contributed by atoms with van der Waals surface area (Å²) in [4.78, 5) is 14.0. The Morgan fingerprint density at radius 3 is 2.83 bits per heavy atom. The normalized spacial score (nSPS) is 21.3. The minimum absolute atomic E-state index is 0.0428. The van der Waals surface area contributed by atoms with Gasteiger partial charge in [-0.2, -0.15) is 0 Å². The zero-order valence-corrected chi connectivity index (χ0v) is 11.0. The van der Waals surface area contributed by atoms with Gasteiger partial charge in [0.05, 0.1) is 13.0 Å². The number of hydrogen-bond acceptors (Lipinski definition) is 3. The Morgan fingerprint density at radius 2 is 2.11 bits per heavy atom. The molecule has 1 unspecified atom stereocenters. The van der Waals surface area contributed by atoms with Crippen molar-refractivity contribution in [1.82, 2.24) is 4.90 Å². The lowest BCUT2D eigenvalue weighted by molar-refractivity contribution is -0.146. The second-order valence-electron chi connectivity index (χ2n) is 4.94. The molecule has 2 rings (SSSR count). The first-order valence-electron chi connectivity index (χ1n) is 6.63. The quantitative estimate of drug-likeness (QED) is 0.768. The Bertz CT molecular complexity index is 377. The molecule has 18 heavy (non-hydrogen) atoms. The van der Waals surface area contributed by atoms with E-state index in [0.29, 0.717) is 0 Å². The molecule has 1 heterocycles. The summed E-state index contributed by atoms with van der Waals surface area (Å²) in [5.41, 5.74) is 1.31. The molecule has 0 radical (unpaired) electrons. The first-order chi connectivity index (χ1) is 8.79. The Morgan fingerprint density at radius 1 is 1.33 bits per heavy atom. The number of likely N-dealkylation sites (tertiary alicyclic amines) is 1. The van der Waals surface area contributed by atoms with E-state index in [1.54, 1.807) is 0 Å². The average molecular weight is 247 g/mol. The molecule has 1 aliphatic heterocycles. The molecule has 1 saturated heterocycles. The summed E-state index contributed by atoms with van der Waals surface area (Å²) in [6.45, 7) is 2.82. The molecule has 0 spiro atoms. The van der Waals surface area contributed by atoms with E-state index in [0.717, 1.165) is 32.5 Å². The predicted octanol–water partition coefficient (Wildman–Crippen LogP) is 2.46. The molecule has 1 fully saturated rings. The summed E-state index contributed by atoms with van der Waals surface area (Å²) < 4.78 is 4.88. The zero-order chi connectivity index (χ0) is 12.8. The Balaban J connectivity index is 1.97. The van der Waals surface area contributed by atoms with Crippen molar-refractivity contribution >= 4 is 5.97 Å². The van der Waals surface area contributed by atoms with Crippen molar-refractivity contribution in [2.24, 2.45) is 5.92 Å². The first kappa shape index (κ1) is 13.1. The summed E-state index contributed by atoms with van der Waals surface area (Å²) in [5.74, 6) is -0.0174. The molecule has 3 nitrogen and oxygen atoms in total. The predicted molar refractivity (Wildman–Crippen MR) is 71.1 cm³/mol. The van der Waals surface area contributed by atoms with E-state index in [9.17, 15) is 4.79 Å². The van der Waals surface area contributed by atoms with Gasteiger partial charge in [0.15, 0.2) is 0 Å². The van der Waals surface area contributed by atoms with Crippen LogP contribution in [0.4, 0.5) is 0 Å². The van der Waals surface area contributed by atoms with Crippen LogP contribution >= 0.6 is 0 Å². The highest BCUT2D eigenvalue weighted by Gasteiger charge is 2.24. The van der Waals surface area contributed by atoms with Crippen LogP contribution in [-0.2, 0) is 16.1 Å². The van der Waals surface area contributed by atoms with Crippen LogP contribution < -0.4 is 0 Å². The van der Waals surface area contributed by atoms with Crippen molar-refractivity contribution in [1.29, 1.82) is 0 Å². The highest BCUT2D eigenvalue weighted by Crippen LogP contribution is 2.19. The number of nitrogens with zero attached hydrogens (tertiary/aromatic N) is 1. The minimum atomic E-state index is -0.0602. The van der Waals surface area contributed by atoms with Crippen molar-refractivity contribution in [3.05, 3.63) is 35.9 Å². The van der Waals surface area contributed by atoms with Gasteiger partial charge >= 0.3 is 5.97 Å². The van der Waals surface area contributed by atoms with Crippen molar-refractivity contribution in [2.45, 2.75) is 25.8 Å². The van der Waals surface area contributed by atoms with Crippen LogP contribution in [-0.4, -0.2) is 31.1 Å².